The van der Waals surface area contributed by atoms with E-state index in [1.807, 2.05) is 22.7 Å². The van der Waals surface area contributed by atoms with E-state index in [1.165, 1.54) is 85.1 Å². The lowest BCUT2D eigenvalue weighted by Crippen LogP contribution is -2.26. The van der Waals surface area contributed by atoms with Gasteiger partial charge in [0.2, 0.25) is 0 Å². The summed E-state index contributed by atoms with van der Waals surface area (Å²) in [5.41, 5.74) is 12.6. The second kappa shape index (κ2) is 12.6. The maximum Gasteiger partial charge on any atom is 0.0477 e. The Labute approximate surface area is 257 Å². The van der Waals surface area contributed by atoms with Crippen LogP contribution in [0.25, 0.3) is 20.9 Å². The number of unbranched alkanes of at least 4 members (excludes halogenated alkanes) is 2. The quantitative estimate of drug-likeness (QED) is 0.147. The van der Waals surface area contributed by atoms with Crippen molar-refractivity contribution in [1.29, 1.82) is 0 Å². The largest absolute Gasteiger partial charge is 0.143 e. The minimum atomic E-state index is 0.0810. The normalized spacial score (nSPS) is 18.4. The number of thiophene rings is 2. The first-order valence-electron chi connectivity index (χ1n) is 16.5. The lowest BCUT2D eigenvalue weighted by atomic mass is 9.74. The Kier molecular flexibility index (Phi) is 8.89. The Morgan fingerprint density at radius 3 is 1.85 bits per heavy atom. The Hall–Kier alpha value is -2.16. The van der Waals surface area contributed by atoms with E-state index in [2.05, 4.69) is 87.0 Å². The van der Waals surface area contributed by atoms with Crippen molar-refractivity contribution in [1.82, 2.24) is 0 Å². The average molecular weight is 581 g/mol. The van der Waals surface area contributed by atoms with Crippen molar-refractivity contribution in [3.8, 4) is 20.9 Å². The summed E-state index contributed by atoms with van der Waals surface area (Å²) in [4.78, 5) is 2.96. The molecule has 2 aromatic carbocycles. The zero-order valence-corrected chi connectivity index (χ0v) is 27.4. The molecule has 2 heteroatoms. The van der Waals surface area contributed by atoms with E-state index in [4.69, 9.17) is 0 Å². The number of hydrogen-bond donors (Lipinski definition) is 0. The predicted octanol–water partition coefficient (Wildman–Crippen LogP) is 12.1. The molecule has 2 atom stereocenters. The van der Waals surface area contributed by atoms with Crippen LogP contribution < -0.4 is 0 Å². The van der Waals surface area contributed by atoms with E-state index in [0.717, 1.165) is 24.7 Å². The van der Waals surface area contributed by atoms with Gasteiger partial charge in [-0.15, -0.1) is 22.7 Å². The first kappa shape index (κ1) is 28.9. The molecule has 0 nitrogen and oxygen atoms in total. The van der Waals surface area contributed by atoms with Crippen LogP contribution in [-0.4, -0.2) is 0 Å². The third kappa shape index (κ3) is 5.52. The fourth-order valence-corrected chi connectivity index (χ4v) is 9.84. The van der Waals surface area contributed by atoms with Crippen LogP contribution in [0, 0.1) is 11.8 Å². The first-order valence-corrected chi connectivity index (χ1v) is 18.3. The fraction of sp³-hybridized carbons (Fsp3) is 0.487. The monoisotopic (exact) mass is 580 g/mol. The van der Waals surface area contributed by atoms with Gasteiger partial charge in [-0.2, -0.15) is 0 Å². The Balaban J connectivity index is 1.40. The molecule has 6 rings (SSSR count). The third-order valence-electron chi connectivity index (χ3n) is 10.3. The van der Waals surface area contributed by atoms with E-state index < -0.39 is 0 Å². The fourth-order valence-electron chi connectivity index (χ4n) is 7.84. The highest BCUT2D eigenvalue weighted by atomic mass is 32.1. The maximum atomic E-state index is 2.65. The molecular formula is C39H48S2. The van der Waals surface area contributed by atoms with Crippen LogP contribution in [0.5, 0.6) is 0 Å². The lowest BCUT2D eigenvalue weighted by Gasteiger charge is -2.28. The number of rotatable bonds is 13. The molecule has 2 aliphatic carbocycles. The Bertz CT molecular complexity index is 1390. The zero-order chi connectivity index (χ0) is 28.4. The summed E-state index contributed by atoms with van der Waals surface area (Å²) in [6.45, 7) is 9.43. The lowest BCUT2D eigenvalue weighted by molar-refractivity contribution is 0.448. The van der Waals surface area contributed by atoms with Crippen molar-refractivity contribution < 1.29 is 0 Å². The summed E-state index contributed by atoms with van der Waals surface area (Å²) in [6.07, 6.45) is 15.3. The first-order chi connectivity index (χ1) is 20.1. The summed E-state index contributed by atoms with van der Waals surface area (Å²) in [5.74, 6) is 1.59. The van der Waals surface area contributed by atoms with Crippen LogP contribution in [0.15, 0.2) is 59.3 Å². The number of benzene rings is 2. The SMILES string of the molecule is CCCCC(CC)Cc1ccc2c(c1)C1(Cc3csc(-c4cccs4)c3C1)c1cc(CC(CC)CCCC)ccc1-2. The van der Waals surface area contributed by atoms with Crippen molar-refractivity contribution >= 4 is 22.7 Å². The van der Waals surface area contributed by atoms with Crippen LogP contribution >= 0.6 is 22.7 Å². The van der Waals surface area contributed by atoms with Crippen LogP contribution in [0.3, 0.4) is 0 Å². The van der Waals surface area contributed by atoms with Gasteiger partial charge in [0, 0.05) is 15.2 Å². The smallest absolute Gasteiger partial charge is 0.0477 e. The molecule has 1 spiro atoms. The second-order valence-electron chi connectivity index (χ2n) is 13.0. The van der Waals surface area contributed by atoms with E-state index in [9.17, 15) is 0 Å². The molecule has 0 saturated heterocycles. The molecular weight excluding hydrogens is 533 g/mol. The minimum Gasteiger partial charge on any atom is -0.143 e. The highest BCUT2D eigenvalue weighted by Crippen LogP contribution is 2.58. The highest BCUT2D eigenvalue weighted by Gasteiger charge is 2.48. The van der Waals surface area contributed by atoms with Crippen molar-refractivity contribution in [2.75, 3.05) is 0 Å². The Morgan fingerprint density at radius 1 is 0.732 bits per heavy atom. The molecule has 41 heavy (non-hydrogen) atoms. The van der Waals surface area contributed by atoms with Gasteiger partial charge in [0.1, 0.15) is 0 Å². The van der Waals surface area contributed by atoms with Crippen molar-refractivity contribution in [3.63, 3.8) is 0 Å². The second-order valence-corrected chi connectivity index (χ2v) is 14.8. The molecule has 0 fully saturated rings. The van der Waals surface area contributed by atoms with Gasteiger partial charge in [0.25, 0.3) is 0 Å². The van der Waals surface area contributed by atoms with E-state index >= 15 is 0 Å². The molecule has 2 aromatic heterocycles. The van der Waals surface area contributed by atoms with E-state index in [0.29, 0.717) is 0 Å². The molecule has 0 bridgehead atoms. The summed E-state index contributed by atoms with van der Waals surface area (Å²) in [5, 5.41) is 4.72. The average Bonchev–Trinajstić information content (AvgIpc) is 3.78. The molecule has 2 heterocycles. The van der Waals surface area contributed by atoms with Gasteiger partial charge in [0.15, 0.2) is 0 Å². The van der Waals surface area contributed by atoms with Gasteiger partial charge in [-0.1, -0.05) is 122 Å². The third-order valence-corrected chi connectivity index (χ3v) is 12.4. The summed E-state index contributed by atoms with van der Waals surface area (Å²) in [6, 6.07) is 19.7. The van der Waals surface area contributed by atoms with Gasteiger partial charge in [-0.25, -0.2) is 0 Å². The van der Waals surface area contributed by atoms with Gasteiger partial charge in [-0.05, 0) is 98.9 Å². The zero-order valence-electron chi connectivity index (χ0n) is 25.7. The molecule has 0 radical (unpaired) electrons. The van der Waals surface area contributed by atoms with Crippen molar-refractivity contribution in [2.24, 2.45) is 11.8 Å². The Morgan fingerprint density at radius 2 is 1.34 bits per heavy atom. The van der Waals surface area contributed by atoms with Gasteiger partial charge >= 0.3 is 0 Å². The van der Waals surface area contributed by atoms with Crippen LogP contribution in [0.1, 0.15) is 112 Å². The van der Waals surface area contributed by atoms with Crippen LogP contribution in [-0.2, 0) is 31.1 Å². The van der Waals surface area contributed by atoms with Gasteiger partial charge < -0.3 is 0 Å². The molecule has 0 amide bonds. The molecule has 0 aliphatic heterocycles. The maximum absolute atomic E-state index is 2.65. The van der Waals surface area contributed by atoms with Crippen LogP contribution in [0.4, 0.5) is 0 Å². The van der Waals surface area contributed by atoms with Crippen molar-refractivity contribution in [2.45, 2.75) is 110 Å². The number of fused-ring (bicyclic) bond motifs is 6. The highest BCUT2D eigenvalue weighted by molar-refractivity contribution is 7.20. The van der Waals surface area contributed by atoms with Gasteiger partial charge in [-0.3, -0.25) is 0 Å². The van der Waals surface area contributed by atoms with Gasteiger partial charge in [0.05, 0.1) is 0 Å². The standard InChI is InChI=1S/C39H48S2/c1-5-9-12-27(7-3)20-29-15-17-32-33-18-16-30(21-28(8-4)13-10-6-2)23-36(33)39(35(32)22-29)24-31-26-41-38(34(31)25-39)37-14-11-19-40-37/h11,14-19,22-23,26-28H,5-10,12-13,20-21,24-25H2,1-4H3. The molecule has 2 aliphatic rings. The van der Waals surface area contributed by atoms with E-state index in [1.54, 1.807) is 33.4 Å². The topological polar surface area (TPSA) is 0 Å². The summed E-state index contributed by atoms with van der Waals surface area (Å²) < 4.78 is 0. The minimum absolute atomic E-state index is 0.0810. The van der Waals surface area contributed by atoms with E-state index in [-0.39, 0.29) is 5.41 Å². The van der Waals surface area contributed by atoms with Crippen molar-refractivity contribution in [3.05, 3.63) is 92.7 Å². The summed E-state index contributed by atoms with van der Waals surface area (Å²) >= 11 is 3.86. The molecule has 4 aromatic rings. The number of hydrogen-bond acceptors (Lipinski definition) is 2. The molecule has 216 valence electrons. The summed E-state index contributed by atoms with van der Waals surface area (Å²) in [7, 11) is 0. The van der Waals surface area contributed by atoms with Crippen LogP contribution in [0.2, 0.25) is 0 Å². The molecule has 2 unspecified atom stereocenters. The molecule has 0 N–H and O–H groups in total. The predicted molar refractivity (Wildman–Crippen MR) is 182 cm³/mol. The molecule has 0 saturated carbocycles.